The fraction of sp³-hybridized carbons (Fsp3) is 0.133. The first-order valence-electron chi connectivity index (χ1n) is 5.93. The molecule has 20 heavy (non-hydrogen) atoms. The molecule has 0 amide bonds. The van der Waals surface area contributed by atoms with Gasteiger partial charge in [-0.2, -0.15) is 10.5 Å². The van der Waals surface area contributed by atoms with Crippen LogP contribution in [0.15, 0.2) is 35.4 Å². The van der Waals surface area contributed by atoms with Crippen LogP contribution in [0.2, 0.25) is 0 Å². The number of nitrogen functional groups attached to an aromatic ring is 1. The molecule has 0 aliphatic heterocycles. The lowest BCUT2D eigenvalue weighted by Crippen LogP contribution is -1.99. The van der Waals surface area contributed by atoms with E-state index in [9.17, 15) is 0 Å². The van der Waals surface area contributed by atoms with Crippen LogP contribution in [0.4, 0.5) is 5.82 Å². The Morgan fingerprint density at radius 2 is 1.80 bits per heavy atom. The van der Waals surface area contributed by atoms with Crippen LogP contribution in [0.5, 0.6) is 0 Å². The molecule has 5 heteroatoms. The molecule has 1 aromatic carbocycles. The number of pyridine rings is 1. The van der Waals surface area contributed by atoms with Crippen molar-refractivity contribution < 1.29 is 0 Å². The number of anilines is 1. The first-order valence-corrected chi connectivity index (χ1v) is 6.91. The van der Waals surface area contributed by atoms with Gasteiger partial charge in [-0.05, 0) is 18.6 Å². The van der Waals surface area contributed by atoms with Crippen molar-refractivity contribution >= 4 is 17.6 Å². The topological polar surface area (TPSA) is 86.5 Å². The third-order valence-corrected chi connectivity index (χ3v) is 3.82. The fourth-order valence-electron chi connectivity index (χ4n) is 1.63. The number of nitrogens with two attached hydrogens (primary N) is 1. The van der Waals surface area contributed by atoms with Gasteiger partial charge in [-0.25, -0.2) is 4.98 Å². The first-order chi connectivity index (χ1) is 9.63. The van der Waals surface area contributed by atoms with E-state index in [1.54, 1.807) is 0 Å². The minimum atomic E-state index is 0.165. The van der Waals surface area contributed by atoms with E-state index >= 15 is 0 Å². The molecule has 0 bridgehead atoms. The van der Waals surface area contributed by atoms with Crippen molar-refractivity contribution in [3.8, 4) is 12.1 Å². The van der Waals surface area contributed by atoms with Gasteiger partial charge in [0.05, 0.1) is 11.1 Å². The average Bonchev–Trinajstić information content (AvgIpc) is 2.46. The lowest BCUT2D eigenvalue weighted by Gasteiger charge is -2.06. The molecule has 2 rings (SSSR count). The zero-order valence-electron chi connectivity index (χ0n) is 10.9. The maximum absolute atomic E-state index is 9.11. The number of nitriles is 2. The van der Waals surface area contributed by atoms with Gasteiger partial charge < -0.3 is 5.73 Å². The highest BCUT2D eigenvalue weighted by atomic mass is 32.2. The zero-order valence-corrected chi connectivity index (χ0v) is 11.7. The fourth-order valence-corrected chi connectivity index (χ4v) is 2.54. The molecule has 0 spiro atoms. The summed E-state index contributed by atoms with van der Waals surface area (Å²) in [5.41, 5.74) is 8.66. The highest BCUT2D eigenvalue weighted by Crippen LogP contribution is 2.26. The summed E-state index contributed by atoms with van der Waals surface area (Å²) >= 11 is 1.44. The van der Waals surface area contributed by atoms with Crippen LogP contribution in [-0.4, -0.2) is 4.98 Å². The second-order valence-corrected chi connectivity index (χ2v) is 5.24. The molecule has 4 nitrogen and oxygen atoms in total. The SMILES string of the molecule is Cc1ccc(CSc2nc(N)c(C#N)cc2C#N)cc1. The quantitative estimate of drug-likeness (QED) is 0.873. The van der Waals surface area contributed by atoms with Crippen molar-refractivity contribution in [3.05, 3.63) is 52.6 Å². The van der Waals surface area contributed by atoms with Crippen molar-refractivity contribution in [2.24, 2.45) is 0 Å². The van der Waals surface area contributed by atoms with Gasteiger partial charge >= 0.3 is 0 Å². The number of rotatable bonds is 3. The molecule has 1 aromatic heterocycles. The summed E-state index contributed by atoms with van der Waals surface area (Å²) < 4.78 is 0. The van der Waals surface area contributed by atoms with Gasteiger partial charge in [-0.3, -0.25) is 0 Å². The summed E-state index contributed by atoms with van der Waals surface area (Å²) in [6.07, 6.45) is 0. The van der Waals surface area contributed by atoms with Gasteiger partial charge in [0.1, 0.15) is 23.0 Å². The molecule has 1 heterocycles. The predicted molar refractivity (Wildman–Crippen MR) is 78.8 cm³/mol. The normalized spacial score (nSPS) is 9.75. The van der Waals surface area contributed by atoms with Crippen LogP contribution in [-0.2, 0) is 5.75 Å². The van der Waals surface area contributed by atoms with Crippen molar-refractivity contribution in [1.29, 1.82) is 10.5 Å². The number of benzene rings is 1. The number of thioether (sulfide) groups is 1. The summed E-state index contributed by atoms with van der Waals surface area (Å²) in [6, 6.07) is 13.6. The van der Waals surface area contributed by atoms with Crippen molar-refractivity contribution in [3.63, 3.8) is 0 Å². The first kappa shape index (κ1) is 13.9. The van der Waals surface area contributed by atoms with Crippen LogP contribution in [0, 0.1) is 29.6 Å². The van der Waals surface area contributed by atoms with Crippen LogP contribution in [0.1, 0.15) is 22.3 Å². The molecule has 0 aliphatic carbocycles. The molecule has 0 fully saturated rings. The number of nitrogens with zero attached hydrogens (tertiary/aromatic N) is 3. The van der Waals surface area contributed by atoms with Gasteiger partial charge in [-0.1, -0.05) is 29.8 Å². The Bertz CT molecular complexity index is 708. The summed E-state index contributed by atoms with van der Waals surface area (Å²) in [5.74, 6) is 0.866. The molecule has 0 saturated heterocycles. The molecular weight excluding hydrogens is 268 g/mol. The van der Waals surface area contributed by atoms with E-state index in [2.05, 4.69) is 11.1 Å². The average molecular weight is 280 g/mol. The smallest absolute Gasteiger partial charge is 0.142 e. The Morgan fingerprint density at radius 3 is 2.40 bits per heavy atom. The Kier molecular flexibility index (Phi) is 4.24. The van der Waals surface area contributed by atoms with Crippen molar-refractivity contribution in [2.45, 2.75) is 17.7 Å². The van der Waals surface area contributed by atoms with Crippen LogP contribution in [0.25, 0.3) is 0 Å². The van der Waals surface area contributed by atoms with Crippen LogP contribution >= 0.6 is 11.8 Å². The summed E-state index contributed by atoms with van der Waals surface area (Å²) in [7, 11) is 0. The van der Waals surface area contributed by atoms with Gasteiger partial charge in [0.25, 0.3) is 0 Å². The lowest BCUT2D eigenvalue weighted by atomic mass is 10.2. The second-order valence-electron chi connectivity index (χ2n) is 4.27. The van der Waals surface area contributed by atoms with Gasteiger partial charge in [-0.15, -0.1) is 11.8 Å². The van der Waals surface area contributed by atoms with Gasteiger partial charge in [0.2, 0.25) is 0 Å². The summed E-state index contributed by atoms with van der Waals surface area (Å²) in [5, 5.41) is 18.5. The lowest BCUT2D eigenvalue weighted by molar-refractivity contribution is 1.11. The van der Waals surface area contributed by atoms with Gasteiger partial charge in [0, 0.05) is 5.75 Å². The predicted octanol–water partition coefficient (Wildman–Crippen LogP) is 3.01. The zero-order chi connectivity index (χ0) is 14.5. The van der Waals surface area contributed by atoms with E-state index < -0.39 is 0 Å². The Balaban J connectivity index is 2.21. The Hall–Kier alpha value is -2.50. The molecule has 2 N–H and O–H groups in total. The summed E-state index contributed by atoms with van der Waals surface area (Å²) in [4.78, 5) is 4.14. The number of hydrogen-bond donors (Lipinski definition) is 1. The largest absolute Gasteiger partial charge is 0.383 e. The highest BCUT2D eigenvalue weighted by Gasteiger charge is 2.10. The second kappa shape index (κ2) is 6.10. The van der Waals surface area contributed by atoms with E-state index in [0.717, 1.165) is 5.56 Å². The molecule has 0 saturated carbocycles. The molecule has 0 radical (unpaired) electrons. The number of aryl methyl sites for hydroxylation is 1. The molecule has 0 atom stereocenters. The van der Waals surface area contributed by atoms with E-state index in [-0.39, 0.29) is 11.4 Å². The standard InChI is InChI=1S/C15H12N4S/c1-10-2-4-11(5-3-10)9-20-15-13(8-17)6-12(7-16)14(18)19-15/h2-6H,9H2,1H3,(H2,18,19). The Morgan fingerprint density at radius 1 is 1.15 bits per heavy atom. The van der Waals surface area contributed by atoms with Crippen LogP contribution < -0.4 is 5.73 Å². The number of aromatic nitrogens is 1. The third kappa shape index (κ3) is 3.09. The van der Waals surface area contributed by atoms with Gasteiger partial charge in [0.15, 0.2) is 0 Å². The van der Waals surface area contributed by atoms with Crippen molar-refractivity contribution in [1.82, 2.24) is 4.98 Å². The minimum absolute atomic E-state index is 0.165. The van der Waals surface area contributed by atoms with Crippen LogP contribution in [0.3, 0.4) is 0 Å². The molecule has 0 aliphatic rings. The Labute approximate surface area is 121 Å². The van der Waals surface area contributed by atoms with Crippen molar-refractivity contribution in [2.75, 3.05) is 5.73 Å². The van der Waals surface area contributed by atoms with E-state index in [4.69, 9.17) is 16.3 Å². The molecular formula is C15H12N4S. The summed E-state index contributed by atoms with van der Waals surface area (Å²) in [6.45, 7) is 2.04. The minimum Gasteiger partial charge on any atom is -0.383 e. The molecule has 0 unspecified atom stereocenters. The van der Waals surface area contributed by atoms with E-state index in [0.29, 0.717) is 16.3 Å². The maximum atomic E-state index is 9.11. The third-order valence-electron chi connectivity index (χ3n) is 2.75. The molecule has 2 aromatic rings. The van der Waals surface area contributed by atoms with E-state index in [1.165, 1.54) is 23.4 Å². The number of hydrogen-bond acceptors (Lipinski definition) is 5. The molecule has 98 valence electrons. The van der Waals surface area contributed by atoms with E-state index in [1.807, 2.05) is 37.3 Å². The monoisotopic (exact) mass is 280 g/mol. The maximum Gasteiger partial charge on any atom is 0.142 e. The highest BCUT2D eigenvalue weighted by molar-refractivity contribution is 7.98.